The molecule has 0 aliphatic heterocycles. The number of rotatable bonds is 3. The van der Waals surface area contributed by atoms with Crippen LogP contribution in [0.3, 0.4) is 0 Å². The van der Waals surface area contributed by atoms with Crippen LogP contribution < -0.4 is 10.5 Å². The van der Waals surface area contributed by atoms with E-state index in [-0.39, 0.29) is 11.4 Å². The molecule has 4 N–H and O–H groups in total. The Bertz CT molecular complexity index is 389. The highest BCUT2D eigenvalue weighted by atomic mass is 16.5. The number of nitrogens with one attached hydrogen (secondary N) is 1. The van der Waals surface area contributed by atoms with Crippen LogP contribution in [0.15, 0.2) is 12.3 Å². The number of anilines is 1. The second kappa shape index (κ2) is 3.73. The standard InChI is InChI=1S/C8H9N3O3/c1-14-4-2-5(6(9)8(12)13)7(10)11-3-4/h2-3,9H,1H3,(H2,10,11)(H,12,13). The molecule has 1 aromatic rings. The van der Waals surface area contributed by atoms with E-state index < -0.39 is 11.7 Å². The summed E-state index contributed by atoms with van der Waals surface area (Å²) in [6, 6.07) is 1.36. The molecule has 0 aromatic carbocycles. The smallest absolute Gasteiger partial charge is 0.354 e. The molecule has 0 atom stereocenters. The molecule has 0 bridgehead atoms. The minimum absolute atomic E-state index is 0.00167. The zero-order valence-electron chi connectivity index (χ0n) is 7.44. The maximum Gasteiger partial charge on any atom is 0.354 e. The van der Waals surface area contributed by atoms with Crippen molar-refractivity contribution in [3.63, 3.8) is 0 Å². The van der Waals surface area contributed by atoms with Crippen molar-refractivity contribution >= 4 is 17.5 Å². The lowest BCUT2D eigenvalue weighted by Crippen LogP contribution is -2.15. The Labute approximate surface area is 79.8 Å². The topological polar surface area (TPSA) is 109 Å². The molecule has 0 aliphatic rings. The van der Waals surface area contributed by atoms with Crippen molar-refractivity contribution in [3.05, 3.63) is 17.8 Å². The van der Waals surface area contributed by atoms with E-state index in [1.54, 1.807) is 0 Å². The van der Waals surface area contributed by atoms with E-state index in [1.807, 2.05) is 0 Å². The van der Waals surface area contributed by atoms with Gasteiger partial charge in [-0.3, -0.25) is 5.41 Å². The van der Waals surface area contributed by atoms with Crippen LogP contribution in [0.25, 0.3) is 0 Å². The minimum atomic E-state index is -1.35. The summed E-state index contributed by atoms with van der Waals surface area (Å²) in [5.74, 6) is -0.995. The van der Waals surface area contributed by atoms with E-state index in [0.717, 1.165) is 0 Å². The monoisotopic (exact) mass is 195 g/mol. The molecule has 0 aliphatic carbocycles. The van der Waals surface area contributed by atoms with Gasteiger partial charge >= 0.3 is 5.97 Å². The van der Waals surface area contributed by atoms with Gasteiger partial charge in [-0.05, 0) is 6.07 Å². The second-order valence-electron chi connectivity index (χ2n) is 2.49. The summed E-state index contributed by atoms with van der Waals surface area (Å²) < 4.78 is 4.83. The fourth-order valence-electron chi connectivity index (χ4n) is 0.883. The number of nitrogens with two attached hydrogens (primary N) is 1. The Balaban J connectivity index is 3.19. The van der Waals surface area contributed by atoms with Gasteiger partial charge in [0.1, 0.15) is 11.6 Å². The van der Waals surface area contributed by atoms with E-state index in [1.165, 1.54) is 19.4 Å². The van der Waals surface area contributed by atoms with E-state index in [9.17, 15) is 4.79 Å². The van der Waals surface area contributed by atoms with E-state index in [0.29, 0.717) is 5.75 Å². The molecule has 14 heavy (non-hydrogen) atoms. The van der Waals surface area contributed by atoms with Gasteiger partial charge in [-0.2, -0.15) is 0 Å². The van der Waals surface area contributed by atoms with Crippen molar-refractivity contribution < 1.29 is 14.6 Å². The molecule has 0 radical (unpaired) electrons. The summed E-state index contributed by atoms with van der Waals surface area (Å²) in [7, 11) is 1.42. The number of aromatic nitrogens is 1. The van der Waals surface area contributed by atoms with Gasteiger partial charge in [0.15, 0.2) is 5.71 Å². The molecule has 6 nitrogen and oxygen atoms in total. The van der Waals surface area contributed by atoms with Crippen LogP contribution in [-0.4, -0.2) is 28.9 Å². The lowest BCUT2D eigenvalue weighted by molar-refractivity contribution is -0.129. The fourth-order valence-corrected chi connectivity index (χ4v) is 0.883. The molecule has 1 heterocycles. The number of carboxylic acids is 1. The van der Waals surface area contributed by atoms with Gasteiger partial charge in [0.2, 0.25) is 0 Å². The van der Waals surface area contributed by atoms with Crippen molar-refractivity contribution in [3.8, 4) is 5.75 Å². The van der Waals surface area contributed by atoms with E-state index in [2.05, 4.69) is 4.98 Å². The highest BCUT2D eigenvalue weighted by Gasteiger charge is 2.14. The molecule has 0 amide bonds. The molecular weight excluding hydrogens is 186 g/mol. The number of pyridine rings is 1. The summed E-state index contributed by atoms with van der Waals surface area (Å²) in [4.78, 5) is 14.2. The zero-order chi connectivity index (χ0) is 10.7. The quantitative estimate of drug-likeness (QED) is 0.593. The van der Waals surface area contributed by atoms with Crippen LogP contribution >= 0.6 is 0 Å². The molecular formula is C8H9N3O3. The molecule has 0 unspecified atom stereocenters. The van der Waals surface area contributed by atoms with Crippen LogP contribution in [-0.2, 0) is 4.79 Å². The Kier molecular flexibility index (Phi) is 2.66. The summed E-state index contributed by atoms with van der Waals surface area (Å²) in [5.41, 5.74) is 4.86. The minimum Gasteiger partial charge on any atom is -0.495 e. The van der Waals surface area contributed by atoms with Crippen molar-refractivity contribution in [2.45, 2.75) is 0 Å². The number of hydrogen-bond donors (Lipinski definition) is 3. The molecule has 74 valence electrons. The van der Waals surface area contributed by atoms with Crippen LogP contribution in [0.2, 0.25) is 0 Å². The highest BCUT2D eigenvalue weighted by Crippen LogP contribution is 2.16. The average Bonchev–Trinajstić information content (AvgIpc) is 2.17. The predicted octanol–water partition coefficient (Wildman–Crippen LogP) is 0.125. The number of aliphatic carboxylic acids is 1. The van der Waals surface area contributed by atoms with Crippen LogP contribution in [0, 0.1) is 5.41 Å². The Morgan fingerprint density at radius 3 is 2.86 bits per heavy atom. The summed E-state index contributed by atoms with van der Waals surface area (Å²) in [5, 5.41) is 15.8. The Morgan fingerprint density at radius 1 is 1.71 bits per heavy atom. The summed E-state index contributed by atoms with van der Waals surface area (Å²) in [6.07, 6.45) is 1.36. The van der Waals surface area contributed by atoms with E-state index in [4.69, 9.17) is 21.0 Å². The van der Waals surface area contributed by atoms with Gasteiger partial charge in [-0.25, -0.2) is 9.78 Å². The average molecular weight is 195 g/mol. The van der Waals surface area contributed by atoms with Gasteiger partial charge in [0.05, 0.1) is 18.9 Å². The van der Waals surface area contributed by atoms with Gasteiger partial charge in [0.25, 0.3) is 0 Å². The van der Waals surface area contributed by atoms with Crippen molar-refractivity contribution in [2.24, 2.45) is 0 Å². The van der Waals surface area contributed by atoms with Gasteiger partial charge in [-0.15, -0.1) is 0 Å². The number of hydrogen-bond acceptors (Lipinski definition) is 5. The van der Waals surface area contributed by atoms with Crippen LogP contribution in [0.4, 0.5) is 5.82 Å². The van der Waals surface area contributed by atoms with E-state index >= 15 is 0 Å². The van der Waals surface area contributed by atoms with Crippen molar-refractivity contribution in [2.75, 3.05) is 12.8 Å². The number of methoxy groups -OCH3 is 1. The number of carbonyl (C=O) groups is 1. The Hall–Kier alpha value is -2.11. The number of ether oxygens (including phenoxy) is 1. The number of nitrogen functional groups attached to an aromatic ring is 1. The van der Waals surface area contributed by atoms with Gasteiger partial charge in [-0.1, -0.05) is 0 Å². The molecule has 1 rings (SSSR count). The first-order valence-corrected chi connectivity index (χ1v) is 3.68. The fraction of sp³-hybridized carbons (Fsp3) is 0.125. The highest BCUT2D eigenvalue weighted by molar-refractivity contribution is 6.42. The third kappa shape index (κ3) is 1.79. The lowest BCUT2D eigenvalue weighted by Gasteiger charge is -2.05. The van der Waals surface area contributed by atoms with Gasteiger partial charge < -0.3 is 15.6 Å². The summed E-state index contributed by atoms with van der Waals surface area (Å²) in [6.45, 7) is 0. The molecule has 6 heteroatoms. The first kappa shape index (κ1) is 9.97. The second-order valence-corrected chi connectivity index (χ2v) is 2.49. The summed E-state index contributed by atoms with van der Waals surface area (Å²) >= 11 is 0. The maximum atomic E-state index is 10.5. The number of carboxylic acid groups (broad SMARTS) is 1. The van der Waals surface area contributed by atoms with Crippen LogP contribution in [0.5, 0.6) is 5.75 Å². The normalized spacial score (nSPS) is 9.50. The SMILES string of the molecule is COc1cnc(N)c(C(=N)C(=O)O)c1. The Morgan fingerprint density at radius 2 is 2.36 bits per heavy atom. The molecule has 1 aromatic heterocycles. The zero-order valence-corrected chi connectivity index (χ0v) is 7.44. The first-order valence-electron chi connectivity index (χ1n) is 3.68. The van der Waals surface area contributed by atoms with Gasteiger partial charge in [0, 0.05) is 0 Å². The lowest BCUT2D eigenvalue weighted by atomic mass is 10.1. The number of nitrogens with zero attached hydrogens (tertiary/aromatic N) is 1. The largest absolute Gasteiger partial charge is 0.495 e. The molecule has 0 spiro atoms. The van der Waals surface area contributed by atoms with Crippen LogP contribution in [0.1, 0.15) is 5.56 Å². The third-order valence-electron chi connectivity index (χ3n) is 1.61. The maximum absolute atomic E-state index is 10.5. The molecule has 0 saturated carbocycles. The van der Waals surface area contributed by atoms with Crippen molar-refractivity contribution in [1.29, 1.82) is 5.41 Å². The molecule has 0 saturated heterocycles. The molecule has 0 fully saturated rings. The first-order chi connectivity index (χ1) is 6.56. The third-order valence-corrected chi connectivity index (χ3v) is 1.61. The predicted molar refractivity (Wildman–Crippen MR) is 49.7 cm³/mol. The van der Waals surface area contributed by atoms with Crippen molar-refractivity contribution in [1.82, 2.24) is 4.98 Å².